The number of benzene rings is 2. The molecule has 0 spiro atoms. The molecule has 0 aromatic heterocycles. The highest BCUT2D eigenvalue weighted by molar-refractivity contribution is 6.09. The van der Waals surface area contributed by atoms with Crippen molar-refractivity contribution < 1.29 is 9.53 Å². The first kappa shape index (κ1) is 18.5. The van der Waals surface area contributed by atoms with Gasteiger partial charge in [0.05, 0.1) is 12.8 Å². The second-order valence-electron chi connectivity index (χ2n) is 6.53. The van der Waals surface area contributed by atoms with E-state index in [4.69, 9.17) is 15.5 Å². The van der Waals surface area contributed by atoms with Crippen molar-refractivity contribution in [3.8, 4) is 16.9 Å². The number of amides is 1. The molecule has 2 aromatic rings. The van der Waals surface area contributed by atoms with Crippen molar-refractivity contribution in [3.63, 3.8) is 0 Å². The highest BCUT2D eigenvalue weighted by Gasteiger charge is 2.25. The second-order valence-corrected chi connectivity index (χ2v) is 6.53. The van der Waals surface area contributed by atoms with Crippen LogP contribution in [0.1, 0.15) is 5.56 Å². The number of methoxy groups -OCH3 is 1. The molecule has 7 heteroatoms. The minimum Gasteiger partial charge on any atom is -0.496 e. The van der Waals surface area contributed by atoms with Gasteiger partial charge in [0.15, 0.2) is 0 Å². The molecule has 7 nitrogen and oxygen atoms in total. The number of allylic oxidation sites excluding steroid dienone is 1. The third-order valence-corrected chi connectivity index (χ3v) is 4.78. The van der Waals surface area contributed by atoms with Crippen LogP contribution in [0.25, 0.3) is 11.1 Å². The number of rotatable bonds is 4. The Kier molecular flexibility index (Phi) is 5.11. The molecular weight excluding hydrogens is 366 g/mol. The topological polar surface area (TPSA) is 92.3 Å². The van der Waals surface area contributed by atoms with Crippen molar-refractivity contribution in [2.24, 2.45) is 15.7 Å². The fourth-order valence-electron chi connectivity index (χ4n) is 3.41. The quantitative estimate of drug-likeness (QED) is 0.789. The summed E-state index contributed by atoms with van der Waals surface area (Å²) >= 11 is 0. The van der Waals surface area contributed by atoms with Crippen LogP contribution in [0.4, 0.5) is 5.69 Å². The van der Waals surface area contributed by atoms with Gasteiger partial charge >= 0.3 is 0 Å². The Morgan fingerprint density at radius 1 is 1.24 bits per heavy atom. The van der Waals surface area contributed by atoms with Gasteiger partial charge in [-0.1, -0.05) is 30.3 Å². The molecule has 0 unspecified atom stereocenters. The standard InChI is InChI=1S/C22H21N5O2/c1-29-19-9-8-16(15-6-3-2-4-7-15)21-17(19)12-20(25-21)26-22(28)18(13-23)27-11-5-10-24-14-27/h2-11,13H,12,14,23H2,1H3,(H,25,26,28)/b18-13-. The minimum atomic E-state index is -0.332. The van der Waals surface area contributed by atoms with Crippen LogP contribution < -0.4 is 15.8 Å². The van der Waals surface area contributed by atoms with E-state index in [2.05, 4.69) is 10.3 Å². The summed E-state index contributed by atoms with van der Waals surface area (Å²) in [7, 11) is 1.63. The molecule has 2 aromatic carbocycles. The van der Waals surface area contributed by atoms with E-state index in [-0.39, 0.29) is 5.91 Å². The third kappa shape index (κ3) is 3.62. The lowest BCUT2D eigenvalue weighted by Crippen LogP contribution is -2.37. The van der Waals surface area contributed by atoms with Crippen LogP contribution in [-0.4, -0.2) is 36.6 Å². The molecule has 29 heavy (non-hydrogen) atoms. The van der Waals surface area contributed by atoms with Crippen molar-refractivity contribution in [1.82, 2.24) is 10.2 Å². The molecule has 2 aliphatic heterocycles. The van der Waals surface area contributed by atoms with Gasteiger partial charge in [-0.15, -0.1) is 0 Å². The lowest BCUT2D eigenvalue weighted by Gasteiger charge is -2.21. The summed E-state index contributed by atoms with van der Waals surface area (Å²) in [5.74, 6) is 0.965. The van der Waals surface area contributed by atoms with Crippen LogP contribution in [0.5, 0.6) is 5.75 Å². The van der Waals surface area contributed by atoms with Gasteiger partial charge in [-0.05, 0) is 23.8 Å². The number of carbonyl (C=O) groups is 1. The Morgan fingerprint density at radius 2 is 2.07 bits per heavy atom. The summed E-state index contributed by atoms with van der Waals surface area (Å²) < 4.78 is 5.51. The first-order chi connectivity index (χ1) is 14.2. The predicted molar refractivity (Wildman–Crippen MR) is 114 cm³/mol. The Bertz CT molecular complexity index is 1050. The van der Waals surface area contributed by atoms with Crippen molar-refractivity contribution in [2.45, 2.75) is 6.42 Å². The summed E-state index contributed by atoms with van der Waals surface area (Å²) in [4.78, 5) is 23.3. The van der Waals surface area contributed by atoms with Gasteiger partial charge in [0.1, 0.15) is 24.0 Å². The monoisotopic (exact) mass is 387 g/mol. The summed E-state index contributed by atoms with van der Waals surface area (Å²) in [6.07, 6.45) is 6.93. The van der Waals surface area contributed by atoms with E-state index in [1.807, 2.05) is 42.5 Å². The number of nitrogens with zero attached hydrogens (tertiary/aromatic N) is 3. The number of nitrogens with one attached hydrogen (secondary N) is 1. The van der Waals surface area contributed by atoms with E-state index >= 15 is 0 Å². The summed E-state index contributed by atoms with van der Waals surface area (Å²) in [5.41, 5.74) is 9.82. The molecule has 0 saturated carbocycles. The lowest BCUT2D eigenvalue weighted by atomic mass is 9.99. The van der Waals surface area contributed by atoms with Crippen LogP contribution in [0.15, 0.2) is 76.6 Å². The Morgan fingerprint density at radius 3 is 2.76 bits per heavy atom. The van der Waals surface area contributed by atoms with Crippen molar-refractivity contribution in [3.05, 3.63) is 72.2 Å². The zero-order chi connectivity index (χ0) is 20.2. The molecule has 0 radical (unpaired) electrons. The zero-order valence-electron chi connectivity index (χ0n) is 16.0. The number of hydrogen-bond donors (Lipinski definition) is 2. The average Bonchev–Trinajstić information content (AvgIpc) is 3.18. The fraction of sp³-hybridized carbons (Fsp3) is 0.136. The average molecular weight is 387 g/mol. The van der Waals surface area contributed by atoms with Crippen molar-refractivity contribution >= 4 is 23.6 Å². The third-order valence-electron chi connectivity index (χ3n) is 4.78. The fourth-order valence-corrected chi connectivity index (χ4v) is 3.41. The molecule has 0 atom stereocenters. The van der Waals surface area contributed by atoms with Gasteiger partial charge in [-0.3, -0.25) is 9.79 Å². The van der Waals surface area contributed by atoms with Crippen LogP contribution in [0, 0.1) is 0 Å². The van der Waals surface area contributed by atoms with Crippen LogP contribution in [0.2, 0.25) is 0 Å². The number of nitrogens with two attached hydrogens (primary N) is 1. The van der Waals surface area contributed by atoms with E-state index in [1.54, 1.807) is 30.5 Å². The molecule has 2 heterocycles. The van der Waals surface area contributed by atoms with Crippen LogP contribution >= 0.6 is 0 Å². The minimum absolute atomic E-state index is 0.312. The van der Waals surface area contributed by atoms with E-state index in [1.165, 1.54) is 6.20 Å². The number of hydrogen-bond acceptors (Lipinski definition) is 6. The Hall–Kier alpha value is -3.87. The van der Waals surface area contributed by atoms with Gasteiger partial charge in [0.2, 0.25) is 0 Å². The highest BCUT2D eigenvalue weighted by atomic mass is 16.5. The summed E-state index contributed by atoms with van der Waals surface area (Å²) in [5, 5.41) is 2.88. The molecule has 0 bridgehead atoms. The predicted octanol–water partition coefficient (Wildman–Crippen LogP) is 2.72. The molecule has 146 valence electrons. The highest BCUT2D eigenvalue weighted by Crippen LogP contribution is 2.42. The van der Waals surface area contributed by atoms with Gasteiger partial charge in [0.25, 0.3) is 5.91 Å². The van der Waals surface area contributed by atoms with Gasteiger partial charge in [-0.2, -0.15) is 0 Å². The largest absolute Gasteiger partial charge is 0.496 e. The molecule has 0 aliphatic carbocycles. The van der Waals surface area contributed by atoms with Gasteiger partial charge < -0.3 is 20.7 Å². The molecule has 1 amide bonds. The first-order valence-corrected chi connectivity index (χ1v) is 9.20. The van der Waals surface area contributed by atoms with Crippen LogP contribution in [0.3, 0.4) is 0 Å². The molecule has 0 saturated heterocycles. The number of ether oxygens (including phenoxy) is 1. The second kappa shape index (κ2) is 8.02. The van der Waals surface area contributed by atoms with Crippen molar-refractivity contribution in [2.75, 3.05) is 13.8 Å². The molecular formula is C22H21N5O2. The summed E-state index contributed by atoms with van der Waals surface area (Å²) in [6.45, 7) is 0.339. The Labute approximate surface area is 168 Å². The first-order valence-electron chi connectivity index (χ1n) is 9.20. The van der Waals surface area contributed by atoms with E-state index in [0.717, 1.165) is 28.1 Å². The van der Waals surface area contributed by atoms with E-state index in [0.29, 0.717) is 24.6 Å². The lowest BCUT2D eigenvalue weighted by molar-refractivity contribution is -0.117. The molecule has 4 rings (SSSR count). The molecule has 0 fully saturated rings. The van der Waals surface area contributed by atoms with Gasteiger partial charge in [0, 0.05) is 36.2 Å². The van der Waals surface area contributed by atoms with Gasteiger partial charge in [-0.25, -0.2) is 4.99 Å². The van der Waals surface area contributed by atoms with Crippen LogP contribution in [-0.2, 0) is 11.2 Å². The maximum absolute atomic E-state index is 12.8. The number of aliphatic imine (C=N–C) groups is 2. The molecule has 2 aliphatic rings. The maximum atomic E-state index is 12.8. The maximum Gasteiger partial charge on any atom is 0.274 e. The zero-order valence-corrected chi connectivity index (χ0v) is 16.0. The number of carbonyl (C=O) groups excluding carboxylic acids is 1. The number of amidine groups is 1. The Balaban J connectivity index is 1.62. The number of fused-ring (bicyclic) bond motifs is 1. The smallest absolute Gasteiger partial charge is 0.274 e. The van der Waals surface area contributed by atoms with E-state index in [9.17, 15) is 4.79 Å². The molecule has 3 N–H and O–H groups in total. The van der Waals surface area contributed by atoms with E-state index < -0.39 is 0 Å². The SMILES string of the molecule is COc1ccc(-c2ccccc2)c2c1CC(NC(=O)/C(=C/N)N1C=CC=NC1)=N2. The normalized spacial score (nSPS) is 15.1. The summed E-state index contributed by atoms with van der Waals surface area (Å²) in [6, 6.07) is 13.9. The van der Waals surface area contributed by atoms with Crippen molar-refractivity contribution in [1.29, 1.82) is 0 Å².